The summed E-state index contributed by atoms with van der Waals surface area (Å²) in [5.74, 6) is -0.0965. The Hall–Kier alpha value is -0.890. The molecule has 1 aromatic rings. The number of hydrogen-bond donors (Lipinski definition) is 1. The third-order valence-electron chi connectivity index (χ3n) is 1.96. The van der Waals surface area contributed by atoms with Gasteiger partial charge in [-0.2, -0.15) is 0 Å². The molecule has 1 rings (SSSR count). The first-order valence-corrected chi connectivity index (χ1v) is 4.78. The van der Waals surface area contributed by atoms with E-state index in [1.54, 1.807) is 6.07 Å². The molecular formula is C11H16FN. The summed E-state index contributed by atoms with van der Waals surface area (Å²) in [6, 6.07) is 6.94. The molecule has 0 unspecified atom stereocenters. The Kier molecular flexibility index (Phi) is 4.47. The lowest BCUT2D eigenvalue weighted by Crippen LogP contribution is -2.18. The Morgan fingerprint density at radius 3 is 2.69 bits per heavy atom. The van der Waals surface area contributed by atoms with E-state index in [0.717, 1.165) is 31.5 Å². The van der Waals surface area contributed by atoms with E-state index in [2.05, 4.69) is 12.2 Å². The smallest absolute Gasteiger partial charge is 0.126 e. The van der Waals surface area contributed by atoms with E-state index in [1.165, 1.54) is 6.07 Å². The summed E-state index contributed by atoms with van der Waals surface area (Å²) in [4.78, 5) is 0. The van der Waals surface area contributed by atoms with Gasteiger partial charge in [-0.3, -0.25) is 0 Å². The first-order chi connectivity index (χ1) is 6.34. The highest BCUT2D eigenvalue weighted by molar-refractivity contribution is 5.17. The molecule has 0 saturated heterocycles. The summed E-state index contributed by atoms with van der Waals surface area (Å²) in [5, 5.41) is 3.24. The first kappa shape index (κ1) is 10.2. The van der Waals surface area contributed by atoms with Crippen LogP contribution in [-0.4, -0.2) is 13.1 Å². The molecule has 1 aromatic carbocycles. The summed E-state index contributed by atoms with van der Waals surface area (Å²) in [5.41, 5.74) is 0.797. The quantitative estimate of drug-likeness (QED) is 0.688. The molecule has 0 heterocycles. The summed E-state index contributed by atoms with van der Waals surface area (Å²) in [6.45, 7) is 3.99. The van der Waals surface area contributed by atoms with Gasteiger partial charge in [0.2, 0.25) is 0 Å². The van der Waals surface area contributed by atoms with E-state index < -0.39 is 0 Å². The number of nitrogens with one attached hydrogen (secondary N) is 1. The molecule has 13 heavy (non-hydrogen) atoms. The number of benzene rings is 1. The minimum absolute atomic E-state index is 0.0965. The van der Waals surface area contributed by atoms with E-state index in [4.69, 9.17) is 0 Å². The van der Waals surface area contributed by atoms with E-state index in [-0.39, 0.29) is 5.82 Å². The SMILES string of the molecule is CCCNCCc1ccccc1F. The minimum Gasteiger partial charge on any atom is -0.316 e. The molecule has 0 aliphatic carbocycles. The molecule has 0 amide bonds. The molecule has 0 spiro atoms. The zero-order valence-corrected chi connectivity index (χ0v) is 8.02. The summed E-state index contributed by atoms with van der Waals surface area (Å²) in [7, 11) is 0. The number of halogens is 1. The van der Waals surface area contributed by atoms with Crippen molar-refractivity contribution in [3.8, 4) is 0 Å². The van der Waals surface area contributed by atoms with Crippen LogP contribution >= 0.6 is 0 Å². The van der Waals surface area contributed by atoms with Crippen LogP contribution in [0.4, 0.5) is 4.39 Å². The Morgan fingerprint density at radius 1 is 1.23 bits per heavy atom. The van der Waals surface area contributed by atoms with Gasteiger partial charge in [0, 0.05) is 0 Å². The van der Waals surface area contributed by atoms with Crippen molar-refractivity contribution in [2.24, 2.45) is 0 Å². The molecule has 0 bridgehead atoms. The van der Waals surface area contributed by atoms with Crippen LogP contribution in [0.1, 0.15) is 18.9 Å². The first-order valence-electron chi connectivity index (χ1n) is 4.78. The van der Waals surface area contributed by atoms with Gasteiger partial charge in [-0.25, -0.2) is 4.39 Å². The summed E-state index contributed by atoms with van der Waals surface area (Å²) in [6.07, 6.45) is 1.89. The zero-order chi connectivity index (χ0) is 9.52. The van der Waals surface area contributed by atoms with E-state index in [1.807, 2.05) is 12.1 Å². The van der Waals surface area contributed by atoms with Gasteiger partial charge in [-0.1, -0.05) is 25.1 Å². The molecule has 1 N–H and O–H groups in total. The molecule has 0 fully saturated rings. The fourth-order valence-corrected chi connectivity index (χ4v) is 1.23. The maximum Gasteiger partial charge on any atom is 0.126 e. The molecule has 0 atom stereocenters. The molecule has 72 valence electrons. The predicted molar refractivity (Wildman–Crippen MR) is 53.3 cm³/mol. The maximum absolute atomic E-state index is 13.1. The van der Waals surface area contributed by atoms with Crippen molar-refractivity contribution in [3.63, 3.8) is 0 Å². The lowest BCUT2D eigenvalue weighted by Gasteiger charge is -2.03. The fourth-order valence-electron chi connectivity index (χ4n) is 1.23. The van der Waals surface area contributed by atoms with E-state index in [9.17, 15) is 4.39 Å². The highest BCUT2D eigenvalue weighted by Gasteiger charge is 1.98. The maximum atomic E-state index is 13.1. The van der Waals surface area contributed by atoms with Crippen molar-refractivity contribution in [3.05, 3.63) is 35.6 Å². The van der Waals surface area contributed by atoms with Crippen LogP contribution in [0, 0.1) is 5.82 Å². The van der Waals surface area contributed by atoms with E-state index in [0.29, 0.717) is 0 Å². The van der Waals surface area contributed by atoms with Gasteiger partial charge in [0.05, 0.1) is 0 Å². The second-order valence-electron chi connectivity index (χ2n) is 3.09. The average molecular weight is 181 g/mol. The summed E-state index contributed by atoms with van der Waals surface area (Å²) < 4.78 is 13.1. The van der Waals surface area contributed by atoms with Gasteiger partial charge in [0.1, 0.15) is 5.82 Å². The molecule has 1 nitrogen and oxygen atoms in total. The molecule has 0 aliphatic heterocycles. The van der Waals surface area contributed by atoms with Crippen LogP contribution in [-0.2, 0) is 6.42 Å². The van der Waals surface area contributed by atoms with Gasteiger partial charge in [0.15, 0.2) is 0 Å². The number of hydrogen-bond acceptors (Lipinski definition) is 1. The molecule has 0 aromatic heterocycles. The minimum atomic E-state index is -0.0965. The molecule has 0 saturated carbocycles. The number of rotatable bonds is 5. The van der Waals surface area contributed by atoms with Crippen molar-refractivity contribution in [2.45, 2.75) is 19.8 Å². The Morgan fingerprint density at radius 2 is 2.00 bits per heavy atom. The monoisotopic (exact) mass is 181 g/mol. The molecular weight excluding hydrogens is 165 g/mol. The van der Waals surface area contributed by atoms with Crippen LogP contribution < -0.4 is 5.32 Å². The van der Waals surface area contributed by atoms with Crippen molar-refractivity contribution < 1.29 is 4.39 Å². The van der Waals surface area contributed by atoms with Crippen molar-refractivity contribution in [1.29, 1.82) is 0 Å². The fraction of sp³-hybridized carbons (Fsp3) is 0.455. The third kappa shape index (κ3) is 3.55. The Balaban J connectivity index is 2.32. The normalized spacial score (nSPS) is 10.3. The second-order valence-corrected chi connectivity index (χ2v) is 3.09. The van der Waals surface area contributed by atoms with Gasteiger partial charge in [-0.15, -0.1) is 0 Å². The second kappa shape index (κ2) is 5.70. The molecule has 2 heteroatoms. The molecule has 0 aliphatic rings. The van der Waals surface area contributed by atoms with Crippen LogP contribution in [0.5, 0.6) is 0 Å². The van der Waals surface area contributed by atoms with Gasteiger partial charge in [0.25, 0.3) is 0 Å². The third-order valence-corrected chi connectivity index (χ3v) is 1.96. The van der Waals surface area contributed by atoms with Crippen LogP contribution in [0.25, 0.3) is 0 Å². The standard InChI is InChI=1S/C11H16FN/c1-2-8-13-9-7-10-5-3-4-6-11(10)12/h3-6,13H,2,7-9H2,1H3. The Bertz CT molecular complexity index is 248. The van der Waals surface area contributed by atoms with Crippen LogP contribution in [0.3, 0.4) is 0 Å². The van der Waals surface area contributed by atoms with Gasteiger partial charge in [-0.05, 0) is 37.6 Å². The summed E-state index contributed by atoms with van der Waals surface area (Å²) >= 11 is 0. The van der Waals surface area contributed by atoms with Gasteiger partial charge >= 0.3 is 0 Å². The Labute approximate surface area is 79.0 Å². The van der Waals surface area contributed by atoms with Gasteiger partial charge < -0.3 is 5.32 Å². The highest BCUT2D eigenvalue weighted by Crippen LogP contribution is 2.05. The topological polar surface area (TPSA) is 12.0 Å². The molecule has 0 radical (unpaired) electrons. The van der Waals surface area contributed by atoms with E-state index >= 15 is 0 Å². The van der Waals surface area contributed by atoms with Crippen LogP contribution in [0.2, 0.25) is 0 Å². The van der Waals surface area contributed by atoms with Crippen molar-refractivity contribution in [2.75, 3.05) is 13.1 Å². The lowest BCUT2D eigenvalue weighted by molar-refractivity contribution is 0.597. The van der Waals surface area contributed by atoms with Crippen molar-refractivity contribution >= 4 is 0 Å². The lowest BCUT2D eigenvalue weighted by atomic mass is 10.1. The predicted octanol–water partition coefficient (Wildman–Crippen LogP) is 2.37. The average Bonchev–Trinajstić information content (AvgIpc) is 2.15. The largest absolute Gasteiger partial charge is 0.316 e. The van der Waals surface area contributed by atoms with Crippen LogP contribution in [0.15, 0.2) is 24.3 Å². The van der Waals surface area contributed by atoms with Crippen molar-refractivity contribution in [1.82, 2.24) is 5.32 Å². The zero-order valence-electron chi connectivity index (χ0n) is 8.02. The highest BCUT2D eigenvalue weighted by atomic mass is 19.1.